The largest absolute Gasteiger partial charge is 0.379 e. The molecule has 0 unspecified atom stereocenters. The summed E-state index contributed by atoms with van der Waals surface area (Å²) in [5, 5.41) is 0. The number of hydrogen-bond acceptors (Lipinski definition) is 2. The van der Waals surface area contributed by atoms with Gasteiger partial charge in [0.1, 0.15) is 0 Å². The predicted octanol–water partition coefficient (Wildman–Crippen LogP) is 3.37. The molecule has 1 N–H and O–H groups in total. The van der Waals surface area contributed by atoms with Gasteiger partial charge in [-0.2, -0.15) is 0 Å². The van der Waals surface area contributed by atoms with Crippen LogP contribution in [0.3, 0.4) is 0 Å². The third-order valence-corrected chi connectivity index (χ3v) is 5.09. The highest BCUT2D eigenvalue weighted by Crippen LogP contribution is 2.41. The Hall–Kier alpha value is -2.07. The summed E-state index contributed by atoms with van der Waals surface area (Å²) >= 11 is 0. The molecule has 0 radical (unpaired) electrons. The Bertz CT molecular complexity index is 685. The molecule has 1 amide bonds. The minimum Gasteiger partial charge on any atom is -0.379 e. The zero-order valence-corrected chi connectivity index (χ0v) is 13.9. The van der Waals surface area contributed by atoms with Crippen molar-refractivity contribution in [1.29, 1.82) is 0 Å². The van der Waals surface area contributed by atoms with Gasteiger partial charge in [0.15, 0.2) is 0 Å². The number of benzene rings is 1. The summed E-state index contributed by atoms with van der Waals surface area (Å²) in [6.45, 7) is 2.15. The van der Waals surface area contributed by atoms with E-state index in [4.69, 9.17) is 4.74 Å². The third kappa shape index (κ3) is 3.24. The first-order valence-corrected chi connectivity index (χ1v) is 8.93. The number of nitrogens with zero attached hydrogens (tertiary/aromatic N) is 1. The standard InChI is InChI=1S/C20H24N2O2/c23-20(18-8-11-21-19(18)16-6-7-16)22(17-10-13-24-14-17)12-9-15-4-2-1-3-5-15/h1-5,8,11,16-17,21H,6-7,9-10,12-14H2/t17-/m1/s1. The zero-order valence-electron chi connectivity index (χ0n) is 13.9. The highest BCUT2D eigenvalue weighted by atomic mass is 16.5. The van der Waals surface area contributed by atoms with Gasteiger partial charge < -0.3 is 14.6 Å². The Morgan fingerprint density at radius 2 is 2.00 bits per heavy atom. The summed E-state index contributed by atoms with van der Waals surface area (Å²) in [6, 6.07) is 12.5. The Labute approximate surface area is 142 Å². The summed E-state index contributed by atoms with van der Waals surface area (Å²) in [4.78, 5) is 18.5. The second kappa shape index (κ2) is 6.81. The van der Waals surface area contributed by atoms with Crippen molar-refractivity contribution in [2.45, 2.75) is 37.6 Å². The van der Waals surface area contributed by atoms with E-state index in [1.165, 1.54) is 18.4 Å². The Balaban J connectivity index is 1.53. The molecule has 2 fully saturated rings. The highest BCUT2D eigenvalue weighted by molar-refractivity contribution is 5.96. The maximum absolute atomic E-state index is 13.2. The van der Waals surface area contributed by atoms with Crippen molar-refractivity contribution < 1.29 is 9.53 Å². The van der Waals surface area contributed by atoms with Crippen LogP contribution >= 0.6 is 0 Å². The minimum absolute atomic E-state index is 0.157. The molecule has 4 heteroatoms. The first-order chi connectivity index (χ1) is 11.8. The number of hydrogen-bond donors (Lipinski definition) is 1. The van der Waals surface area contributed by atoms with Crippen LogP contribution in [0.4, 0.5) is 0 Å². The summed E-state index contributed by atoms with van der Waals surface area (Å²) in [6.07, 6.45) is 6.10. The fourth-order valence-corrected chi connectivity index (χ4v) is 3.55. The van der Waals surface area contributed by atoms with Gasteiger partial charge in [-0.3, -0.25) is 4.79 Å². The Morgan fingerprint density at radius 1 is 1.17 bits per heavy atom. The van der Waals surface area contributed by atoms with Crippen LogP contribution in [0, 0.1) is 0 Å². The monoisotopic (exact) mass is 324 g/mol. The smallest absolute Gasteiger partial charge is 0.256 e. The molecule has 1 aromatic carbocycles. The van der Waals surface area contributed by atoms with Crippen molar-refractivity contribution >= 4 is 5.91 Å². The second-order valence-electron chi connectivity index (χ2n) is 6.83. The molecule has 4 nitrogen and oxygen atoms in total. The lowest BCUT2D eigenvalue weighted by Gasteiger charge is -2.28. The molecule has 0 bridgehead atoms. The highest BCUT2D eigenvalue weighted by Gasteiger charge is 2.33. The first kappa shape index (κ1) is 15.5. The van der Waals surface area contributed by atoms with E-state index in [2.05, 4.69) is 29.2 Å². The number of aromatic amines is 1. The van der Waals surface area contributed by atoms with E-state index < -0.39 is 0 Å². The molecule has 2 heterocycles. The average Bonchev–Trinajstić information content (AvgIpc) is 3.12. The van der Waals surface area contributed by atoms with Gasteiger partial charge in [0.2, 0.25) is 0 Å². The van der Waals surface area contributed by atoms with Gasteiger partial charge in [0.25, 0.3) is 5.91 Å². The predicted molar refractivity (Wildman–Crippen MR) is 93.2 cm³/mol. The zero-order chi connectivity index (χ0) is 16.4. The van der Waals surface area contributed by atoms with Crippen molar-refractivity contribution in [1.82, 2.24) is 9.88 Å². The lowest BCUT2D eigenvalue weighted by atomic mass is 10.1. The molecule has 2 aromatic rings. The summed E-state index contributed by atoms with van der Waals surface area (Å²) in [5.41, 5.74) is 3.26. The number of carbonyl (C=O) groups excluding carboxylic acids is 1. The van der Waals surface area contributed by atoms with E-state index in [0.717, 1.165) is 37.3 Å². The van der Waals surface area contributed by atoms with Crippen LogP contribution in [-0.4, -0.2) is 41.6 Å². The number of rotatable bonds is 6. The van der Waals surface area contributed by atoms with Gasteiger partial charge in [-0.05, 0) is 43.2 Å². The second-order valence-corrected chi connectivity index (χ2v) is 6.83. The molecule has 1 aromatic heterocycles. The molecule has 126 valence electrons. The number of ether oxygens (including phenoxy) is 1. The van der Waals surface area contributed by atoms with Crippen LogP contribution in [0.5, 0.6) is 0 Å². The quantitative estimate of drug-likeness (QED) is 0.885. The van der Waals surface area contributed by atoms with Gasteiger partial charge >= 0.3 is 0 Å². The van der Waals surface area contributed by atoms with Crippen molar-refractivity contribution in [3.05, 3.63) is 59.4 Å². The van der Waals surface area contributed by atoms with Crippen molar-refractivity contribution in [3.63, 3.8) is 0 Å². The number of aromatic nitrogens is 1. The van der Waals surface area contributed by atoms with Crippen LogP contribution in [0.1, 0.15) is 46.8 Å². The van der Waals surface area contributed by atoms with E-state index >= 15 is 0 Å². The van der Waals surface area contributed by atoms with Gasteiger partial charge in [-0.1, -0.05) is 30.3 Å². The molecule has 1 aliphatic heterocycles. The van der Waals surface area contributed by atoms with Crippen LogP contribution in [0.25, 0.3) is 0 Å². The van der Waals surface area contributed by atoms with Crippen molar-refractivity contribution in [2.24, 2.45) is 0 Å². The third-order valence-electron chi connectivity index (χ3n) is 5.09. The van der Waals surface area contributed by atoms with E-state index in [-0.39, 0.29) is 11.9 Å². The summed E-state index contributed by atoms with van der Waals surface area (Å²) in [7, 11) is 0. The molecule has 1 aliphatic carbocycles. The number of carbonyl (C=O) groups is 1. The van der Waals surface area contributed by atoms with Crippen molar-refractivity contribution in [3.8, 4) is 0 Å². The summed E-state index contributed by atoms with van der Waals surface area (Å²) in [5.74, 6) is 0.708. The molecule has 1 saturated heterocycles. The fourth-order valence-electron chi connectivity index (χ4n) is 3.55. The lowest BCUT2D eigenvalue weighted by molar-refractivity contribution is 0.0655. The molecule has 1 atom stereocenters. The SMILES string of the molecule is O=C(c1cc[nH]c1C1CC1)N(CCc1ccccc1)[C@@H]1CCOC1. The number of amides is 1. The molecule has 24 heavy (non-hydrogen) atoms. The van der Waals surface area contributed by atoms with Gasteiger partial charge in [-0.15, -0.1) is 0 Å². The normalized spacial score (nSPS) is 20.2. The lowest BCUT2D eigenvalue weighted by Crippen LogP contribution is -2.42. The maximum atomic E-state index is 13.2. The van der Waals surface area contributed by atoms with E-state index in [1.54, 1.807) is 0 Å². The molecule has 1 saturated carbocycles. The molecule has 0 spiro atoms. The first-order valence-electron chi connectivity index (χ1n) is 8.93. The Morgan fingerprint density at radius 3 is 2.71 bits per heavy atom. The maximum Gasteiger partial charge on any atom is 0.256 e. The minimum atomic E-state index is 0.157. The molecule has 4 rings (SSSR count). The fraction of sp³-hybridized carbons (Fsp3) is 0.450. The van der Waals surface area contributed by atoms with Crippen LogP contribution in [-0.2, 0) is 11.2 Å². The average molecular weight is 324 g/mol. The van der Waals surface area contributed by atoms with Gasteiger partial charge in [0, 0.05) is 25.0 Å². The van der Waals surface area contributed by atoms with E-state index in [0.29, 0.717) is 12.5 Å². The summed E-state index contributed by atoms with van der Waals surface area (Å²) < 4.78 is 5.55. The molecular weight excluding hydrogens is 300 g/mol. The Kier molecular flexibility index (Phi) is 4.39. The van der Waals surface area contributed by atoms with E-state index in [9.17, 15) is 4.79 Å². The number of H-pyrrole nitrogens is 1. The van der Waals surface area contributed by atoms with Gasteiger partial charge in [0.05, 0.1) is 18.2 Å². The topological polar surface area (TPSA) is 45.3 Å². The van der Waals surface area contributed by atoms with Crippen LogP contribution in [0.15, 0.2) is 42.6 Å². The number of nitrogens with one attached hydrogen (secondary N) is 1. The molecule has 2 aliphatic rings. The van der Waals surface area contributed by atoms with Gasteiger partial charge in [-0.25, -0.2) is 0 Å². The van der Waals surface area contributed by atoms with Crippen molar-refractivity contribution in [2.75, 3.05) is 19.8 Å². The molecular formula is C20H24N2O2. The van der Waals surface area contributed by atoms with Crippen LogP contribution in [0.2, 0.25) is 0 Å². The van der Waals surface area contributed by atoms with Crippen LogP contribution < -0.4 is 0 Å². The van der Waals surface area contributed by atoms with E-state index in [1.807, 2.05) is 23.2 Å².